The molecule has 0 aliphatic carbocycles. The fourth-order valence-corrected chi connectivity index (χ4v) is 3.68. The molecule has 5 heteroatoms. The smallest absolute Gasteiger partial charge is 0.258 e. The Bertz CT molecular complexity index is 488. The Labute approximate surface area is 120 Å². The lowest BCUT2D eigenvalue weighted by atomic mass is 9.91. The molecule has 3 nitrogen and oxygen atoms in total. The Balaban J connectivity index is 1.91. The van der Waals surface area contributed by atoms with Crippen molar-refractivity contribution in [2.24, 2.45) is 5.92 Å². The molecular formula is C14H16BrFN2O. The number of nitrogens with one attached hydrogen (secondary N) is 1. The number of piperidine rings is 1. The minimum Gasteiger partial charge on any atom is -0.334 e. The van der Waals surface area contributed by atoms with E-state index in [0.717, 1.165) is 32.5 Å². The third-order valence-corrected chi connectivity index (χ3v) is 4.78. The van der Waals surface area contributed by atoms with Crippen LogP contribution in [0.3, 0.4) is 0 Å². The van der Waals surface area contributed by atoms with Gasteiger partial charge in [-0.2, -0.15) is 0 Å². The van der Waals surface area contributed by atoms with Gasteiger partial charge in [-0.15, -0.1) is 0 Å². The lowest BCUT2D eigenvalue weighted by molar-refractivity contribution is 0.0569. The molecular weight excluding hydrogens is 311 g/mol. The summed E-state index contributed by atoms with van der Waals surface area (Å²) in [6, 6.07) is 4.87. The predicted molar refractivity (Wildman–Crippen MR) is 74.5 cm³/mol. The fraction of sp³-hybridized carbons (Fsp3) is 0.500. The van der Waals surface area contributed by atoms with E-state index >= 15 is 0 Å². The highest BCUT2D eigenvalue weighted by atomic mass is 79.9. The SMILES string of the molecule is O=C(c1c(F)cccc1Br)N1CCCC2CNCC21. The van der Waals surface area contributed by atoms with Crippen LogP contribution in [0.5, 0.6) is 0 Å². The van der Waals surface area contributed by atoms with E-state index in [4.69, 9.17) is 0 Å². The highest BCUT2D eigenvalue weighted by Gasteiger charge is 2.38. The molecule has 0 bridgehead atoms. The summed E-state index contributed by atoms with van der Waals surface area (Å²) in [4.78, 5) is 14.5. The van der Waals surface area contributed by atoms with Crippen LogP contribution < -0.4 is 5.32 Å². The van der Waals surface area contributed by atoms with Crippen LogP contribution in [0.15, 0.2) is 22.7 Å². The number of benzene rings is 1. The van der Waals surface area contributed by atoms with Gasteiger partial charge in [-0.3, -0.25) is 4.79 Å². The van der Waals surface area contributed by atoms with Crippen LogP contribution >= 0.6 is 15.9 Å². The van der Waals surface area contributed by atoms with Crippen molar-refractivity contribution in [1.29, 1.82) is 0 Å². The number of carbonyl (C=O) groups is 1. The Kier molecular flexibility index (Phi) is 3.58. The standard InChI is InChI=1S/C14H16BrFN2O/c15-10-4-1-5-11(16)13(10)14(19)18-6-2-3-9-7-17-8-12(9)18/h1,4-5,9,12,17H,2-3,6-8H2. The zero-order chi connectivity index (χ0) is 13.4. The van der Waals surface area contributed by atoms with Crippen molar-refractivity contribution in [3.8, 4) is 0 Å². The summed E-state index contributed by atoms with van der Waals surface area (Å²) in [6.07, 6.45) is 2.15. The van der Waals surface area contributed by atoms with E-state index in [-0.39, 0.29) is 17.5 Å². The maximum Gasteiger partial charge on any atom is 0.258 e. The molecule has 0 spiro atoms. The second-order valence-corrected chi connectivity index (χ2v) is 6.08. The molecule has 2 unspecified atom stereocenters. The molecule has 2 fully saturated rings. The second-order valence-electron chi connectivity index (χ2n) is 5.22. The molecule has 3 rings (SSSR count). The van der Waals surface area contributed by atoms with Gasteiger partial charge >= 0.3 is 0 Å². The van der Waals surface area contributed by atoms with Gasteiger partial charge in [0.25, 0.3) is 5.91 Å². The van der Waals surface area contributed by atoms with Crippen molar-refractivity contribution in [3.63, 3.8) is 0 Å². The number of likely N-dealkylation sites (tertiary alicyclic amines) is 1. The third-order valence-electron chi connectivity index (χ3n) is 4.12. The van der Waals surface area contributed by atoms with Crippen LogP contribution in [0.2, 0.25) is 0 Å². The average molecular weight is 327 g/mol. The molecule has 2 saturated heterocycles. The van der Waals surface area contributed by atoms with E-state index in [9.17, 15) is 9.18 Å². The molecule has 0 aromatic heterocycles. The molecule has 2 heterocycles. The van der Waals surface area contributed by atoms with Gasteiger partial charge in [0.15, 0.2) is 0 Å². The van der Waals surface area contributed by atoms with Gasteiger partial charge in [-0.05, 0) is 46.8 Å². The predicted octanol–water partition coefficient (Wildman–Crippen LogP) is 2.41. The van der Waals surface area contributed by atoms with Crippen LogP contribution in [0.25, 0.3) is 0 Å². The van der Waals surface area contributed by atoms with Gasteiger partial charge < -0.3 is 10.2 Å². The Morgan fingerprint density at radius 1 is 1.42 bits per heavy atom. The molecule has 2 aliphatic heterocycles. The second kappa shape index (κ2) is 5.21. The molecule has 1 aromatic carbocycles. The summed E-state index contributed by atoms with van der Waals surface area (Å²) >= 11 is 3.28. The number of nitrogens with zero attached hydrogens (tertiary/aromatic N) is 1. The van der Waals surface area contributed by atoms with Gasteiger partial charge in [-0.25, -0.2) is 4.39 Å². The molecule has 1 aromatic rings. The van der Waals surface area contributed by atoms with Crippen molar-refractivity contribution in [2.75, 3.05) is 19.6 Å². The highest BCUT2D eigenvalue weighted by molar-refractivity contribution is 9.10. The van der Waals surface area contributed by atoms with E-state index < -0.39 is 5.82 Å². The van der Waals surface area contributed by atoms with Crippen LogP contribution in [-0.4, -0.2) is 36.5 Å². The van der Waals surface area contributed by atoms with Crippen molar-refractivity contribution in [2.45, 2.75) is 18.9 Å². The van der Waals surface area contributed by atoms with Crippen molar-refractivity contribution >= 4 is 21.8 Å². The third kappa shape index (κ3) is 2.30. The summed E-state index contributed by atoms with van der Waals surface area (Å²) in [5.41, 5.74) is 0.162. The number of fused-ring (bicyclic) bond motifs is 1. The Morgan fingerprint density at radius 2 is 2.26 bits per heavy atom. The number of carbonyl (C=O) groups excluding carboxylic acids is 1. The molecule has 0 radical (unpaired) electrons. The number of amides is 1. The Hall–Kier alpha value is -0.940. The van der Waals surface area contributed by atoms with Gasteiger partial charge in [0.05, 0.1) is 5.56 Å². The van der Waals surface area contributed by atoms with E-state index in [0.29, 0.717) is 10.4 Å². The average Bonchev–Trinajstić information content (AvgIpc) is 2.86. The number of rotatable bonds is 1. The van der Waals surface area contributed by atoms with Crippen molar-refractivity contribution in [1.82, 2.24) is 10.2 Å². The van der Waals surface area contributed by atoms with Gasteiger partial charge in [0.2, 0.25) is 0 Å². The van der Waals surface area contributed by atoms with Crippen LogP contribution in [-0.2, 0) is 0 Å². The normalized spacial score (nSPS) is 26.3. The number of halogens is 2. The molecule has 2 atom stereocenters. The highest BCUT2D eigenvalue weighted by Crippen LogP contribution is 2.30. The monoisotopic (exact) mass is 326 g/mol. The maximum absolute atomic E-state index is 13.9. The minimum atomic E-state index is -0.451. The zero-order valence-corrected chi connectivity index (χ0v) is 12.1. The summed E-state index contributed by atoms with van der Waals surface area (Å²) in [7, 11) is 0. The molecule has 1 amide bonds. The molecule has 1 N–H and O–H groups in total. The lowest BCUT2D eigenvalue weighted by Crippen LogP contribution is -2.48. The number of hydrogen-bond acceptors (Lipinski definition) is 2. The molecule has 102 valence electrons. The van der Waals surface area contributed by atoms with E-state index in [1.54, 1.807) is 12.1 Å². The first-order valence-electron chi connectivity index (χ1n) is 6.64. The first kappa shape index (κ1) is 13.1. The van der Waals surface area contributed by atoms with Crippen molar-refractivity contribution < 1.29 is 9.18 Å². The van der Waals surface area contributed by atoms with Crippen LogP contribution in [0.1, 0.15) is 23.2 Å². The molecule has 19 heavy (non-hydrogen) atoms. The Morgan fingerprint density at radius 3 is 3.05 bits per heavy atom. The van der Waals surface area contributed by atoms with Gasteiger partial charge in [-0.1, -0.05) is 6.07 Å². The van der Waals surface area contributed by atoms with E-state index in [1.165, 1.54) is 6.07 Å². The van der Waals surface area contributed by atoms with Gasteiger partial charge in [0, 0.05) is 30.1 Å². The summed E-state index contributed by atoms with van der Waals surface area (Å²) < 4.78 is 14.4. The molecule has 0 saturated carbocycles. The van der Waals surface area contributed by atoms with Crippen LogP contribution in [0, 0.1) is 11.7 Å². The largest absolute Gasteiger partial charge is 0.334 e. The first-order valence-corrected chi connectivity index (χ1v) is 7.43. The zero-order valence-electron chi connectivity index (χ0n) is 10.5. The van der Waals surface area contributed by atoms with Crippen molar-refractivity contribution in [3.05, 3.63) is 34.1 Å². The molecule has 2 aliphatic rings. The summed E-state index contributed by atoms with van der Waals surface area (Å²) in [6.45, 7) is 2.51. The summed E-state index contributed by atoms with van der Waals surface area (Å²) in [5, 5.41) is 3.33. The first-order chi connectivity index (χ1) is 9.18. The quantitative estimate of drug-likeness (QED) is 0.859. The minimum absolute atomic E-state index is 0.162. The van der Waals surface area contributed by atoms with Crippen LogP contribution in [0.4, 0.5) is 4.39 Å². The number of hydrogen-bond donors (Lipinski definition) is 1. The summed E-state index contributed by atoms with van der Waals surface area (Å²) in [5.74, 6) is -0.126. The topological polar surface area (TPSA) is 32.3 Å². The van der Waals surface area contributed by atoms with E-state index in [2.05, 4.69) is 21.2 Å². The maximum atomic E-state index is 13.9. The van der Waals surface area contributed by atoms with E-state index in [1.807, 2.05) is 4.90 Å². The van der Waals surface area contributed by atoms with Gasteiger partial charge in [0.1, 0.15) is 5.82 Å². The fourth-order valence-electron chi connectivity index (χ4n) is 3.17. The lowest BCUT2D eigenvalue weighted by Gasteiger charge is -2.37.